The number of benzene rings is 1. The second-order valence-electron chi connectivity index (χ2n) is 3.84. The van der Waals surface area contributed by atoms with E-state index in [0.717, 1.165) is 10.4 Å². The lowest BCUT2D eigenvalue weighted by Gasteiger charge is -1.91. The van der Waals surface area contributed by atoms with Crippen molar-refractivity contribution in [2.45, 2.75) is 6.92 Å². The first-order chi connectivity index (χ1) is 8.65. The Labute approximate surface area is 112 Å². The third-order valence-electron chi connectivity index (χ3n) is 2.56. The molecule has 90 valence electrons. The highest BCUT2D eigenvalue weighted by Crippen LogP contribution is 2.28. The number of thiazole rings is 1. The fourth-order valence-electron chi connectivity index (χ4n) is 1.73. The Kier molecular flexibility index (Phi) is 2.69. The summed E-state index contributed by atoms with van der Waals surface area (Å²) >= 11 is 7.36. The zero-order valence-electron chi connectivity index (χ0n) is 9.44. The van der Waals surface area contributed by atoms with Gasteiger partial charge in [0.25, 0.3) is 0 Å². The van der Waals surface area contributed by atoms with E-state index in [1.54, 1.807) is 18.3 Å². The van der Waals surface area contributed by atoms with Crippen molar-refractivity contribution in [2.24, 2.45) is 0 Å². The molecular weight excluding hydrogens is 270 g/mol. The lowest BCUT2D eigenvalue weighted by molar-refractivity contribution is 0.101. The van der Waals surface area contributed by atoms with Crippen molar-refractivity contribution in [1.29, 1.82) is 0 Å². The molecule has 0 amide bonds. The number of furan rings is 1. The van der Waals surface area contributed by atoms with Crippen LogP contribution in [0.2, 0.25) is 5.02 Å². The van der Waals surface area contributed by atoms with Gasteiger partial charge in [0.2, 0.25) is 5.78 Å². The first-order valence-electron chi connectivity index (χ1n) is 5.30. The van der Waals surface area contributed by atoms with Crippen molar-refractivity contribution < 1.29 is 9.21 Å². The average molecular weight is 278 g/mol. The molecule has 0 atom stereocenters. The van der Waals surface area contributed by atoms with Crippen molar-refractivity contribution >= 4 is 39.7 Å². The number of carbonyl (C=O) groups is 1. The van der Waals surface area contributed by atoms with E-state index < -0.39 is 0 Å². The monoisotopic (exact) mass is 277 g/mol. The Morgan fingerprint density at radius 1 is 1.44 bits per heavy atom. The summed E-state index contributed by atoms with van der Waals surface area (Å²) in [7, 11) is 0. The molecule has 2 heterocycles. The molecule has 0 bridgehead atoms. The molecule has 0 unspecified atom stereocenters. The van der Waals surface area contributed by atoms with Crippen molar-refractivity contribution in [2.75, 3.05) is 0 Å². The van der Waals surface area contributed by atoms with Crippen LogP contribution in [0, 0.1) is 6.92 Å². The summed E-state index contributed by atoms with van der Waals surface area (Å²) in [6.07, 6.45) is 1.57. The summed E-state index contributed by atoms with van der Waals surface area (Å²) in [6.45, 7) is 1.86. The number of hydrogen-bond donors (Lipinski definition) is 0. The van der Waals surface area contributed by atoms with E-state index in [-0.39, 0.29) is 5.78 Å². The summed E-state index contributed by atoms with van der Waals surface area (Å²) in [4.78, 5) is 16.8. The fourth-order valence-corrected chi connectivity index (χ4v) is 2.67. The van der Waals surface area contributed by atoms with E-state index in [9.17, 15) is 4.79 Å². The summed E-state index contributed by atoms with van der Waals surface area (Å²) in [5.74, 6) is 0.134. The van der Waals surface area contributed by atoms with Crippen LogP contribution in [0.4, 0.5) is 0 Å². The fraction of sp³-hybridized carbons (Fsp3) is 0.0769. The molecule has 0 N–H and O–H groups in total. The number of nitrogens with zero attached hydrogens (tertiary/aromatic N) is 1. The van der Waals surface area contributed by atoms with E-state index in [0.29, 0.717) is 21.2 Å². The molecule has 0 fully saturated rings. The molecule has 3 aromatic rings. The number of aryl methyl sites for hydroxylation is 1. The van der Waals surface area contributed by atoms with Crippen molar-refractivity contribution in [3.05, 3.63) is 51.1 Å². The number of carbonyl (C=O) groups excluding carboxylic acids is 1. The van der Waals surface area contributed by atoms with Crippen LogP contribution in [-0.2, 0) is 0 Å². The number of rotatable bonds is 2. The average Bonchev–Trinajstić information content (AvgIpc) is 2.95. The summed E-state index contributed by atoms with van der Waals surface area (Å²) in [6, 6.07) is 7.13. The first-order valence-corrected chi connectivity index (χ1v) is 6.50. The van der Waals surface area contributed by atoms with Gasteiger partial charge in [-0.2, -0.15) is 0 Å². The zero-order chi connectivity index (χ0) is 12.7. The predicted molar refractivity (Wildman–Crippen MR) is 71.5 cm³/mol. The molecule has 0 aliphatic rings. The predicted octanol–water partition coefficient (Wildman–Crippen LogP) is 4.08. The van der Waals surface area contributed by atoms with Crippen LogP contribution in [0.3, 0.4) is 0 Å². The molecule has 0 saturated heterocycles. The number of ketones is 1. The third-order valence-corrected chi connectivity index (χ3v) is 3.77. The first kappa shape index (κ1) is 11.4. The van der Waals surface area contributed by atoms with Gasteiger partial charge in [-0.25, -0.2) is 4.98 Å². The van der Waals surface area contributed by atoms with Gasteiger partial charge in [0, 0.05) is 11.6 Å². The van der Waals surface area contributed by atoms with Crippen LogP contribution in [0.25, 0.3) is 11.0 Å². The van der Waals surface area contributed by atoms with Gasteiger partial charge in [0.15, 0.2) is 11.3 Å². The molecule has 0 radical (unpaired) electrons. The van der Waals surface area contributed by atoms with Gasteiger partial charge in [0.1, 0.15) is 0 Å². The van der Waals surface area contributed by atoms with Gasteiger partial charge in [-0.3, -0.25) is 4.79 Å². The van der Waals surface area contributed by atoms with Crippen LogP contribution in [0.1, 0.15) is 20.4 Å². The molecule has 0 saturated carbocycles. The van der Waals surface area contributed by atoms with Gasteiger partial charge in [-0.15, -0.1) is 11.3 Å². The molecule has 5 heteroatoms. The maximum absolute atomic E-state index is 12.2. The van der Waals surface area contributed by atoms with Gasteiger partial charge in [-0.05, 0) is 19.1 Å². The highest BCUT2D eigenvalue weighted by molar-refractivity contribution is 7.13. The van der Waals surface area contributed by atoms with Crippen LogP contribution in [-0.4, -0.2) is 10.8 Å². The quantitative estimate of drug-likeness (QED) is 0.663. The topological polar surface area (TPSA) is 43.1 Å². The maximum atomic E-state index is 12.2. The molecule has 0 aliphatic carbocycles. The number of hydrogen-bond acceptors (Lipinski definition) is 4. The summed E-state index contributed by atoms with van der Waals surface area (Å²) in [5, 5.41) is 2.19. The van der Waals surface area contributed by atoms with Gasteiger partial charge < -0.3 is 4.42 Å². The lowest BCUT2D eigenvalue weighted by Crippen LogP contribution is -1.95. The second-order valence-corrected chi connectivity index (χ2v) is 5.48. The molecule has 1 aromatic carbocycles. The van der Waals surface area contributed by atoms with Crippen LogP contribution in [0.5, 0.6) is 0 Å². The van der Waals surface area contributed by atoms with E-state index in [4.69, 9.17) is 16.0 Å². The minimum Gasteiger partial charge on any atom is -0.451 e. The highest BCUT2D eigenvalue weighted by atomic mass is 35.5. The van der Waals surface area contributed by atoms with Gasteiger partial charge in [-0.1, -0.05) is 23.7 Å². The molecule has 0 aliphatic heterocycles. The van der Waals surface area contributed by atoms with Crippen molar-refractivity contribution in [3.63, 3.8) is 0 Å². The molecular formula is C13H8ClNO2S. The van der Waals surface area contributed by atoms with E-state index >= 15 is 0 Å². The van der Waals surface area contributed by atoms with Crippen LogP contribution in [0.15, 0.2) is 34.9 Å². The molecule has 18 heavy (non-hydrogen) atoms. The molecule has 2 aromatic heterocycles. The van der Waals surface area contributed by atoms with E-state index in [1.807, 2.05) is 19.1 Å². The van der Waals surface area contributed by atoms with Gasteiger partial charge >= 0.3 is 0 Å². The standard InChI is InChI=1S/C13H8ClNO2S/c1-7-15-6-11(18-7)12(16)10-5-8-3-2-4-9(14)13(8)17-10/h2-6H,1H3. The minimum atomic E-state index is -0.159. The largest absolute Gasteiger partial charge is 0.451 e. The normalized spacial score (nSPS) is 11.0. The number of halogens is 1. The van der Waals surface area contributed by atoms with Crippen LogP contribution < -0.4 is 0 Å². The van der Waals surface area contributed by atoms with E-state index in [2.05, 4.69) is 4.98 Å². The van der Waals surface area contributed by atoms with Crippen molar-refractivity contribution in [3.8, 4) is 0 Å². The Bertz CT molecular complexity index is 744. The minimum absolute atomic E-state index is 0.159. The number of para-hydroxylation sites is 1. The molecule has 3 rings (SSSR count). The van der Waals surface area contributed by atoms with Gasteiger partial charge in [0.05, 0.1) is 14.9 Å². The Morgan fingerprint density at radius 2 is 2.28 bits per heavy atom. The summed E-state index contributed by atoms with van der Waals surface area (Å²) < 4.78 is 5.52. The highest BCUT2D eigenvalue weighted by Gasteiger charge is 2.17. The number of fused-ring (bicyclic) bond motifs is 1. The lowest BCUT2D eigenvalue weighted by atomic mass is 10.2. The molecule has 3 nitrogen and oxygen atoms in total. The molecule has 0 spiro atoms. The maximum Gasteiger partial charge on any atom is 0.239 e. The smallest absolute Gasteiger partial charge is 0.239 e. The third kappa shape index (κ3) is 1.83. The number of aromatic nitrogens is 1. The Balaban J connectivity index is 2.10. The van der Waals surface area contributed by atoms with Crippen molar-refractivity contribution in [1.82, 2.24) is 4.98 Å². The SMILES string of the molecule is Cc1ncc(C(=O)c2cc3cccc(Cl)c3o2)s1. The zero-order valence-corrected chi connectivity index (χ0v) is 11.0. The second kappa shape index (κ2) is 4.23. The Hall–Kier alpha value is -1.65. The summed E-state index contributed by atoms with van der Waals surface area (Å²) in [5.41, 5.74) is 0.545. The van der Waals surface area contributed by atoms with Crippen LogP contribution >= 0.6 is 22.9 Å². The Morgan fingerprint density at radius 3 is 2.94 bits per heavy atom. The van der Waals surface area contributed by atoms with E-state index in [1.165, 1.54) is 11.3 Å².